The van der Waals surface area contributed by atoms with Crippen LogP contribution < -0.4 is 10.2 Å². The van der Waals surface area contributed by atoms with Crippen LogP contribution in [0.15, 0.2) is 53.3 Å². The number of benzene rings is 1. The lowest BCUT2D eigenvalue weighted by Gasteiger charge is -2.36. The maximum Gasteiger partial charge on any atom is 0.416 e. The minimum Gasteiger partial charge on any atom is -0.366 e. The summed E-state index contributed by atoms with van der Waals surface area (Å²) in [6, 6.07) is 5.71. The predicted octanol–water partition coefficient (Wildman–Crippen LogP) is 4.14. The van der Waals surface area contributed by atoms with E-state index in [9.17, 15) is 22.8 Å². The Balaban J connectivity index is 1.50. The maximum absolute atomic E-state index is 14.2. The summed E-state index contributed by atoms with van der Waals surface area (Å²) in [4.78, 5) is 39.1. The van der Waals surface area contributed by atoms with Crippen LogP contribution in [0.3, 0.4) is 0 Å². The van der Waals surface area contributed by atoms with Gasteiger partial charge in [0.1, 0.15) is 0 Å². The number of pyridine rings is 1. The highest BCUT2D eigenvalue weighted by Crippen LogP contribution is 2.37. The third-order valence-corrected chi connectivity index (χ3v) is 6.90. The third kappa shape index (κ3) is 7.98. The Bertz CT molecular complexity index is 1470. The first-order valence-corrected chi connectivity index (χ1v) is 13.9. The van der Waals surface area contributed by atoms with Crippen molar-refractivity contribution in [2.45, 2.75) is 38.9 Å². The molecule has 1 saturated heterocycles. The number of carbonyl (C=O) groups excluding carboxylic acids is 2. The molecule has 0 bridgehead atoms. The van der Waals surface area contributed by atoms with E-state index in [1.54, 1.807) is 29.3 Å². The van der Waals surface area contributed by atoms with Crippen LogP contribution in [-0.2, 0) is 22.9 Å². The van der Waals surface area contributed by atoms with Gasteiger partial charge in [0.15, 0.2) is 0 Å². The number of amides is 2. The number of nitrogens with zero attached hydrogens (tertiary/aromatic N) is 6. The van der Waals surface area contributed by atoms with Crippen LogP contribution in [0, 0.1) is 0 Å². The SMILES string of the molecule is CN(C)C/C=C/C(=O)N1CCN(c2cnccc2-c2ccc(CNC(=O)c3noc(C(C)(C)C)n3)c(C(F)(F)F)c2)CC1. The molecule has 10 nitrogen and oxygen atoms in total. The molecule has 3 heterocycles. The van der Waals surface area contributed by atoms with Gasteiger partial charge in [-0.2, -0.15) is 18.2 Å². The molecular weight excluding hydrogens is 563 g/mol. The molecule has 0 spiro atoms. The van der Waals surface area contributed by atoms with Crippen LogP contribution >= 0.6 is 0 Å². The van der Waals surface area contributed by atoms with Crippen LogP contribution in [0.4, 0.5) is 18.9 Å². The van der Waals surface area contributed by atoms with Crippen molar-refractivity contribution >= 4 is 17.5 Å². The monoisotopic (exact) mass is 599 g/mol. The van der Waals surface area contributed by atoms with E-state index < -0.39 is 23.1 Å². The van der Waals surface area contributed by atoms with Crippen molar-refractivity contribution in [2.24, 2.45) is 0 Å². The molecule has 1 aromatic carbocycles. The number of hydrogen-bond donors (Lipinski definition) is 1. The molecule has 1 aliphatic rings. The van der Waals surface area contributed by atoms with Crippen LogP contribution in [-0.4, -0.2) is 83.6 Å². The molecule has 0 saturated carbocycles. The number of aromatic nitrogens is 3. The van der Waals surface area contributed by atoms with E-state index in [4.69, 9.17) is 4.52 Å². The molecule has 1 N–H and O–H groups in total. The molecule has 1 aliphatic heterocycles. The lowest BCUT2D eigenvalue weighted by molar-refractivity contribution is -0.138. The van der Waals surface area contributed by atoms with E-state index in [0.717, 1.165) is 6.07 Å². The van der Waals surface area contributed by atoms with Crippen LogP contribution in [0.25, 0.3) is 11.1 Å². The zero-order chi connectivity index (χ0) is 31.4. The second-order valence-corrected chi connectivity index (χ2v) is 11.6. The Morgan fingerprint density at radius 3 is 2.44 bits per heavy atom. The number of halogens is 3. The van der Waals surface area contributed by atoms with Gasteiger partial charge in [-0.25, -0.2) is 0 Å². The highest BCUT2D eigenvalue weighted by atomic mass is 19.4. The van der Waals surface area contributed by atoms with Crippen LogP contribution in [0.1, 0.15) is 48.4 Å². The summed E-state index contributed by atoms with van der Waals surface area (Å²) in [5.41, 5.74) is 0.176. The van der Waals surface area contributed by atoms with E-state index in [1.807, 2.05) is 50.7 Å². The van der Waals surface area contributed by atoms with Gasteiger partial charge in [0.25, 0.3) is 11.7 Å². The Labute approximate surface area is 248 Å². The molecule has 0 unspecified atom stereocenters. The fraction of sp³-hybridized carbons (Fsp3) is 0.433. The minimum absolute atomic E-state index is 0.0700. The number of piperazine rings is 1. The predicted molar refractivity (Wildman–Crippen MR) is 155 cm³/mol. The zero-order valence-electron chi connectivity index (χ0n) is 24.9. The van der Waals surface area contributed by atoms with Crippen LogP contribution in [0.2, 0.25) is 0 Å². The number of carbonyl (C=O) groups is 2. The average molecular weight is 600 g/mol. The summed E-state index contributed by atoms with van der Waals surface area (Å²) >= 11 is 0. The number of alkyl halides is 3. The molecule has 0 aliphatic carbocycles. The second-order valence-electron chi connectivity index (χ2n) is 11.6. The first-order chi connectivity index (χ1) is 20.2. The maximum atomic E-state index is 14.2. The summed E-state index contributed by atoms with van der Waals surface area (Å²) in [5, 5.41) is 6.11. The second kappa shape index (κ2) is 12.9. The smallest absolute Gasteiger partial charge is 0.366 e. The van der Waals surface area contributed by atoms with E-state index in [1.165, 1.54) is 12.3 Å². The van der Waals surface area contributed by atoms with Gasteiger partial charge in [-0.3, -0.25) is 14.6 Å². The van der Waals surface area contributed by atoms with Crippen molar-refractivity contribution in [1.82, 2.24) is 30.2 Å². The van der Waals surface area contributed by atoms with Crippen molar-refractivity contribution in [3.8, 4) is 11.1 Å². The summed E-state index contributed by atoms with van der Waals surface area (Å²) in [6.07, 6.45) is 1.88. The molecular formula is C30H36F3N7O3. The van der Waals surface area contributed by atoms with Gasteiger partial charge in [-0.05, 0) is 37.4 Å². The highest BCUT2D eigenvalue weighted by molar-refractivity contribution is 5.90. The fourth-order valence-electron chi connectivity index (χ4n) is 4.56. The Kier molecular flexibility index (Phi) is 9.53. The zero-order valence-corrected chi connectivity index (χ0v) is 24.9. The van der Waals surface area contributed by atoms with Gasteiger partial charge in [0.2, 0.25) is 11.8 Å². The van der Waals surface area contributed by atoms with E-state index in [-0.39, 0.29) is 29.7 Å². The van der Waals surface area contributed by atoms with Crippen molar-refractivity contribution < 1.29 is 27.3 Å². The van der Waals surface area contributed by atoms with Crippen molar-refractivity contribution in [2.75, 3.05) is 51.7 Å². The molecule has 230 valence electrons. The van der Waals surface area contributed by atoms with Crippen molar-refractivity contribution in [3.63, 3.8) is 0 Å². The van der Waals surface area contributed by atoms with E-state index in [2.05, 4.69) is 20.4 Å². The largest absolute Gasteiger partial charge is 0.416 e. The van der Waals surface area contributed by atoms with E-state index >= 15 is 0 Å². The number of hydrogen-bond acceptors (Lipinski definition) is 8. The standard InChI is InChI=1S/C30H36F3N7O3/c1-29(2,3)28-36-26(37-43-28)27(42)35-18-21-9-8-20(17-23(21)30(31,32)33)22-10-11-34-19-24(22)39-13-15-40(16-14-39)25(41)7-6-12-38(4)5/h6-11,17,19H,12-16,18H2,1-5H3,(H,35,42)/b7-6+. The topological polar surface area (TPSA) is 108 Å². The van der Waals surface area contributed by atoms with Gasteiger partial charge < -0.3 is 24.5 Å². The van der Waals surface area contributed by atoms with Gasteiger partial charge in [0.05, 0.1) is 17.4 Å². The molecule has 0 radical (unpaired) electrons. The summed E-state index contributed by atoms with van der Waals surface area (Å²) in [7, 11) is 3.84. The van der Waals surface area contributed by atoms with Gasteiger partial charge in [-0.15, -0.1) is 0 Å². The average Bonchev–Trinajstić information content (AvgIpc) is 3.47. The summed E-state index contributed by atoms with van der Waals surface area (Å²) in [5.74, 6) is -0.808. The van der Waals surface area contributed by atoms with Crippen molar-refractivity contribution in [1.29, 1.82) is 0 Å². The molecule has 4 rings (SSSR count). The minimum atomic E-state index is -4.67. The number of rotatable bonds is 8. The quantitative estimate of drug-likeness (QED) is 0.385. The Morgan fingerprint density at radius 1 is 1.09 bits per heavy atom. The van der Waals surface area contributed by atoms with Gasteiger partial charge in [0, 0.05) is 62.5 Å². The summed E-state index contributed by atoms with van der Waals surface area (Å²) in [6.45, 7) is 7.75. The van der Waals surface area contributed by atoms with Gasteiger partial charge in [-0.1, -0.05) is 44.1 Å². The van der Waals surface area contributed by atoms with Gasteiger partial charge >= 0.3 is 6.18 Å². The number of anilines is 1. The molecule has 1 fully saturated rings. The lowest BCUT2D eigenvalue weighted by atomic mass is 9.97. The molecule has 3 aromatic rings. The molecule has 43 heavy (non-hydrogen) atoms. The fourth-order valence-corrected chi connectivity index (χ4v) is 4.56. The highest BCUT2D eigenvalue weighted by Gasteiger charge is 2.34. The van der Waals surface area contributed by atoms with E-state index in [0.29, 0.717) is 49.5 Å². The van der Waals surface area contributed by atoms with Crippen LogP contribution in [0.5, 0.6) is 0 Å². The molecule has 2 amide bonds. The molecule has 2 aromatic heterocycles. The molecule has 0 atom stereocenters. The first kappa shape index (κ1) is 31.7. The number of likely N-dealkylation sites (N-methyl/N-ethyl adjacent to an activating group) is 1. The first-order valence-electron chi connectivity index (χ1n) is 13.9. The summed E-state index contributed by atoms with van der Waals surface area (Å²) < 4.78 is 47.7. The Hall–Kier alpha value is -4.26. The normalized spacial score (nSPS) is 14.5. The Morgan fingerprint density at radius 2 is 1.81 bits per heavy atom. The molecule has 13 heteroatoms. The number of nitrogens with one attached hydrogen (secondary N) is 1. The lowest BCUT2D eigenvalue weighted by Crippen LogP contribution is -2.48. The third-order valence-electron chi connectivity index (χ3n) is 6.90. The van der Waals surface area contributed by atoms with Crippen molar-refractivity contribution in [3.05, 3.63) is 71.7 Å².